The van der Waals surface area contributed by atoms with Gasteiger partial charge in [0.25, 0.3) is 5.91 Å². The standard InChI is InChI=1S/C27H26N6O2/c1-18(2)30-25(34)17-35-23-7-5-6-20(14-23)27-32-26(24-8-3-4-13-33(24)27)31-22-11-9-19(10-12-22)21-15-28-29-16-21/h3-16,18,31H,17H2,1-2H3,(H,28,29)(H,30,34). The van der Waals surface area contributed by atoms with Crippen LogP contribution in [0.3, 0.4) is 0 Å². The quantitative estimate of drug-likeness (QED) is 0.298. The van der Waals surface area contributed by atoms with Crippen LogP contribution >= 0.6 is 0 Å². The minimum absolute atomic E-state index is 0.0361. The first kappa shape index (κ1) is 22.2. The maximum atomic E-state index is 12.0. The van der Waals surface area contributed by atoms with Gasteiger partial charge in [-0.05, 0) is 55.8 Å². The molecule has 5 aromatic rings. The molecular formula is C27H26N6O2. The SMILES string of the molecule is CC(C)NC(=O)COc1cccc(-c2nc(Nc3ccc(-c4cn[nH]c4)cc3)c3ccccn23)c1. The largest absolute Gasteiger partial charge is 0.484 e. The van der Waals surface area contributed by atoms with Crippen molar-refractivity contribution in [3.05, 3.63) is 85.3 Å². The number of H-pyrrole nitrogens is 1. The number of fused-ring (bicyclic) bond motifs is 1. The first-order chi connectivity index (χ1) is 17.1. The van der Waals surface area contributed by atoms with Gasteiger partial charge in [0.15, 0.2) is 12.4 Å². The molecule has 0 aliphatic carbocycles. The normalized spacial score (nSPS) is 11.1. The molecule has 5 rings (SSSR count). The number of ether oxygens (including phenoxy) is 1. The Morgan fingerprint density at radius 2 is 1.89 bits per heavy atom. The van der Waals surface area contributed by atoms with Crippen molar-refractivity contribution < 1.29 is 9.53 Å². The Morgan fingerprint density at radius 3 is 2.66 bits per heavy atom. The lowest BCUT2D eigenvalue weighted by molar-refractivity contribution is -0.123. The summed E-state index contributed by atoms with van der Waals surface area (Å²) in [5, 5.41) is 13.1. The number of carbonyl (C=O) groups excluding carboxylic acids is 1. The van der Waals surface area contributed by atoms with Crippen LogP contribution in [0.1, 0.15) is 13.8 Å². The Labute approximate surface area is 203 Å². The Balaban J connectivity index is 1.40. The van der Waals surface area contributed by atoms with Crippen LogP contribution in [0.4, 0.5) is 11.5 Å². The number of hydrogen-bond donors (Lipinski definition) is 3. The highest BCUT2D eigenvalue weighted by atomic mass is 16.5. The molecule has 176 valence electrons. The van der Waals surface area contributed by atoms with E-state index in [2.05, 4.69) is 20.8 Å². The lowest BCUT2D eigenvalue weighted by atomic mass is 10.1. The van der Waals surface area contributed by atoms with Crippen LogP contribution in [0, 0.1) is 0 Å². The summed E-state index contributed by atoms with van der Waals surface area (Å²) in [5.74, 6) is 1.98. The number of pyridine rings is 1. The number of nitrogens with one attached hydrogen (secondary N) is 3. The van der Waals surface area contributed by atoms with Gasteiger partial charge in [-0.1, -0.05) is 30.3 Å². The van der Waals surface area contributed by atoms with E-state index >= 15 is 0 Å². The van der Waals surface area contributed by atoms with E-state index in [1.807, 2.05) is 97.4 Å². The fourth-order valence-corrected chi connectivity index (χ4v) is 3.86. The van der Waals surface area contributed by atoms with Crippen LogP contribution in [0.5, 0.6) is 5.75 Å². The zero-order valence-electron chi connectivity index (χ0n) is 19.5. The predicted octanol–water partition coefficient (Wildman–Crippen LogP) is 5.04. The molecule has 0 saturated heterocycles. The number of benzene rings is 2. The summed E-state index contributed by atoms with van der Waals surface area (Å²) in [7, 11) is 0. The van der Waals surface area contributed by atoms with E-state index in [0.29, 0.717) is 5.75 Å². The molecule has 3 aromatic heterocycles. The number of hydrogen-bond acceptors (Lipinski definition) is 5. The van der Waals surface area contributed by atoms with Crippen LogP contribution in [-0.2, 0) is 4.79 Å². The molecule has 8 heteroatoms. The molecule has 0 aliphatic rings. The van der Waals surface area contributed by atoms with Crippen LogP contribution in [-0.4, -0.2) is 38.1 Å². The average Bonchev–Trinajstić information content (AvgIpc) is 3.52. The second kappa shape index (κ2) is 9.72. The molecule has 0 radical (unpaired) electrons. The van der Waals surface area contributed by atoms with Crippen LogP contribution < -0.4 is 15.4 Å². The van der Waals surface area contributed by atoms with Gasteiger partial charge in [0, 0.05) is 35.2 Å². The van der Waals surface area contributed by atoms with Crippen molar-refractivity contribution in [2.45, 2.75) is 19.9 Å². The molecule has 0 bridgehead atoms. The van der Waals surface area contributed by atoms with E-state index < -0.39 is 0 Å². The third-order valence-electron chi connectivity index (χ3n) is 5.44. The Kier molecular flexibility index (Phi) is 6.17. The first-order valence-corrected chi connectivity index (χ1v) is 11.4. The number of carbonyl (C=O) groups is 1. The molecule has 0 fully saturated rings. The maximum Gasteiger partial charge on any atom is 0.258 e. The highest BCUT2D eigenvalue weighted by Crippen LogP contribution is 2.30. The summed E-state index contributed by atoms with van der Waals surface area (Å²) >= 11 is 0. The van der Waals surface area contributed by atoms with E-state index in [1.165, 1.54) is 0 Å². The van der Waals surface area contributed by atoms with Gasteiger partial charge in [0.1, 0.15) is 11.6 Å². The van der Waals surface area contributed by atoms with Gasteiger partial charge in [-0.15, -0.1) is 0 Å². The van der Waals surface area contributed by atoms with E-state index in [1.54, 1.807) is 6.20 Å². The molecule has 2 aromatic carbocycles. The monoisotopic (exact) mass is 466 g/mol. The molecule has 0 unspecified atom stereocenters. The van der Waals surface area contributed by atoms with Crippen molar-refractivity contribution in [3.63, 3.8) is 0 Å². The zero-order valence-corrected chi connectivity index (χ0v) is 19.5. The van der Waals surface area contributed by atoms with Gasteiger partial charge in [-0.25, -0.2) is 4.98 Å². The smallest absolute Gasteiger partial charge is 0.258 e. The van der Waals surface area contributed by atoms with Crippen LogP contribution in [0.2, 0.25) is 0 Å². The summed E-state index contributed by atoms with van der Waals surface area (Å²) in [6, 6.07) is 21.8. The van der Waals surface area contributed by atoms with E-state index in [-0.39, 0.29) is 18.6 Å². The van der Waals surface area contributed by atoms with Crippen LogP contribution in [0.15, 0.2) is 85.3 Å². The molecule has 0 aliphatic heterocycles. The van der Waals surface area contributed by atoms with Gasteiger partial charge in [0.05, 0.1) is 11.7 Å². The minimum Gasteiger partial charge on any atom is -0.484 e. The molecule has 3 N–H and O–H groups in total. The third-order valence-corrected chi connectivity index (χ3v) is 5.44. The number of anilines is 2. The number of aromatic nitrogens is 4. The predicted molar refractivity (Wildman–Crippen MR) is 137 cm³/mol. The Morgan fingerprint density at radius 1 is 1.03 bits per heavy atom. The summed E-state index contributed by atoms with van der Waals surface area (Å²) in [4.78, 5) is 16.9. The molecule has 0 saturated carbocycles. The molecule has 8 nitrogen and oxygen atoms in total. The Hall–Kier alpha value is -4.59. The third kappa shape index (κ3) is 5.01. The zero-order chi connectivity index (χ0) is 24.2. The van der Waals surface area contributed by atoms with Crippen molar-refractivity contribution in [1.82, 2.24) is 24.9 Å². The van der Waals surface area contributed by atoms with Crippen molar-refractivity contribution in [2.24, 2.45) is 0 Å². The number of imidazole rings is 1. The molecule has 0 spiro atoms. The van der Waals surface area contributed by atoms with Gasteiger partial charge in [-0.3, -0.25) is 14.3 Å². The van der Waals surface area contributed by atoms with Gasteiger partial charge in [-0.2, -0.15) is 5.10 Å². The highest BCUT2D eigenvalue weighted by molar-refractivity contribution is 5.80. The minimum atomic E-state index is -0.151. The average molecular weight is 467 g/mol. The number of rotatable bonds is 8. The number of amides is 1. The summed E-state index contributed by atoms with van der Waals surface area (Å²) in [6.07, 6.45) is 5.65. The molecule has 3 heterocycles. The molecule has 35 heavy (non-hydrogen) atoms. The molecule has 0 atom stereocenters. The van der Waals surface area contributed by atoms with Gasteiger partial charge < -0.3 is 15.4 Å². The van der Waals surface area contributed by atoms with Crippen molar-refractivity contribution in [1.29, 1.82) is 0 Å². The lowest BCUT2D eigenvalue weighted by Gasteiger charge is -2.10. The van der Waals surface area contributed by atoms with E-state index in [4.69, 9.17) is 9.72 Å². The topological polar surface area (TPSA) is 96.3 Å². The first-order valence-electron chi connectivity index (χ1n) is 11.4. The van der Waals surface area contributed by atoms with E-state index in [9.17, 15) is 4.79 Å². The van der Waals surface area contributed by atoms with Gasteiger partial charge in [0.2, 0.25) is 0 Å². The highest BCUT2D eigenvalue weighted by Gasteiger charge is 2.14. The summed E-state index contributed by atoms with van der Waals surface area (Å²) in [6.45, 7) is 3.80. The Bertz CT molecular complexity index is 1440. The lowest BCUT2D eigenvalue weighted by Crippen LogP contribution is -2.34. The number of aromatic amines is 1. The maximum absolute atomic E-state index is 12.0. The molecular weight excluding hydrogens is 440 g/mol. The fourth-order valence-electron chi connectivity index (χ4n) is 3.86. The molecule has 1 amide bonds. The summed E-state index contributed by atoms with van der Waals surface area (Å²) < 4.78 is 7.75. The van der Waals surface area contributed by atoms with Gasteiger partial charge >= 0.3 is 0 Å². The van der Waals surface area contributed by atoms with Crippen molar-refractivity contribution >= 4 is 22.9 Å². The van der Waals surface area contributed by atoms with Crippen molar-refractivity contribution in [3.8, 4) is 28.3 Å². The van der Waals surface area contributed by atoms with Crippen LogP contribution in [0.25, 0.3) is 28.0 Å². The van der Waals surface area contributed by atoms with E-state index in [0.717, 1.165) is 39.5 Å². The van der Waals surface area contributed by atoms with Crippen molar-refractivity contribution in [2.75, 3.05) is 11.9 Å². The second-order valence-corrected chi connectivity index (χ2v) is 8.47. The summed E-state index contributed by atoms with van der Waals surface area (Å²) in [5.41, 5.74) is 4.88. The number of nitrogens with zero attached hydrogens (tertiary/aromatic N) is 3. The fraction of sp³-hybridized carbons (Fsp3) is 0.148. The second-order valence-electron chi connectivity index (χ2n) is 8.47.